The summed E-state index contributed by atoms with van der Waals surface area (Å²) in [5.74, 6) is 0.555. The minimum atomic E-state index is -0.0748. The van der Waals surface area contributed by atoms with Gasteiger partial charge in [-0.3, -0.25) is 14.4 Å². The van der Waals surface area contributed by atoms with Crippen LogP contribution in [0, 0.1) is 5.92 Å². The normalized spacial score (nSPS) is 16.3. The molecule has 162 valence electrons. The second-order valence-electron chi connectivity index (χ2n) is 8.01. The minimum Gasteiger partial charge on any atom is -0.484 e. The van der Waals surface area contributed by atoms with Crippen molar-refractivity contribution in [3.63, 3.8) is 0 Å². The van der Waals surface area contributed by atoms with E-state index in [1.165, 1.54) is 0 Å². The third-order valence-corrected chi connectivity index (χ3v) is 5.86. The number of amides is 3. The standard InChI is InChI=1S/C24H27N3O4/c28-22-9-6-19-14-20(7-8-21(19)26-22)31-16-23(29)27-12-10-18(11-13-27)24(30)25-15-17-4-2-1-3-5-17/h1-5,7-8,14,18H,6,9-13,15-16H2,(H,25,30)(H,26,28). The molecule has 2 aromatic rings. The Bertz CT molecular complexity index is 953. The van der Waals surface area contributed by atoms with Gasteiger partial charge in [0.2, 0.25) is 11.8 Å². The molecule has 0 unspecified atom stereocenters. The Balaban J connectivity index is 1.20. The maximum atomic E-state index is 12.5. The maximum absolute atomic E-state index is 12.5. The summed E-state index contributed by atoms with van der Waals surface area (Å²) in [5.41, 5.74) is 2.90. The van der Waals surface area contributed by atoms with Gasteiger partial charge in [-0.15, -0.1) is 0 Å². The minimum absolute atomic E-state index is 0.0218. The SMILES string of the molecule is O=C1CCc2cc(OCC(=O)N3CCC(C(=O)NCc4ccccc4)CC3)ccc2N1. The molecule has 1 saturated heterocycles. The predicted molar refractivity (Wildman–Crippen MR) is 116 cm³/mol. The lowest BCUT2D eigenvalue weighted by atomic mass is 9.96. The second-order valence-corrected chi connectivity index (χ2v) is 8.01. The van der Waals surface area contributed by atoms with Crippen LogP contribution in [0.2, 0.25) is 0 Å². The molecule has 0 saturated carbocycles. The number of aryl methyl sites for hydroxylation is 1. The molecule has 2 N–H and O–H groups in total. The van der Waals surface area contributed by atoms with Crippen LogP contribution in [-0.4, -0.2) is 42.3 Å². The van der Waals surface area contributed by atoms with Crippen LogP contribution in [0.3, 0.4) is 0 Å². The van der Waals surface area contributed by atoms with Crippen molar-refractivity contribution in [2.24, 2.45) is 5.92 Å². The Morgan fingerprint density at radius 1 is 1.06 bits per heavy atom. The van der Waals surface area contributed by atoms with Crippen LogP contribution in [0.25, 0.3) is 0 Å². The summed E-state index contributed by atoms with van der Waals surface area (Å²) in [5, 5.41) is 5.83. The van der Waals surface area contributed by atoms with E-state index in [1.54, 1.807) is 11.0 Å². The molecule has 0 spiro atoms. The van der Waals surface area contributed by atoms with E-state index in [0.29, 0.717) is 51.1 Å². The first-order valence-electron chi connectivity index (χ1n) is 10.7. The number of nitrogens with one attached hydrogen (secondary N) is 2. The number of fused-ring (bicyclic) bond motifs is 1. The Labute approximate surface area is 181 Å². The molecule has 0 radical (unpaired) electrons. The van der Waals surface area contributed by atoms with Crippen molar-refractivity contribution in [2.45, 2.75) is 32.2 Å². The molecule has 31 heavy (non-hydrogen) atoms. The molecule has 2 heterocycles. The fraction of sp³-hybridized carbons (Fsp3) is 0.375. The van der Waals surface area contributed by atoms with E-state index >= 15 is 0 Å². The highest BCUT2D eigenvalue weighted by molar-refractivity contribution is 5.94. The predicted octanol–water partition coefficient (Wildman–Crippen LogP) is 2.51. The zero-order chi connectivity index (χ0) is 21.6. The largest absolute Gasteiger partial charge is 0.484 e. The smallest absolute Gasteiger partial charge is 0.260 e. The molecule has 0 atom stereocenters. The van der Waals surface area contributed by atoms with Crippen LogP contribution in [0.4, 0.5) is 5.69 Å². The van der Waals surface area contributed by atoms with Crippen LogP contribution >= 0.6 is 0 Å². The van der Waals surface area contributed by atoms with Crippen molar-refractivity contribution in [1.29, 1.82) is 0 Å². The van der Waals surface area contributed by atoms with Crippen molar-refractivity contribution in [3.8, 4) is 5.75 Å². The van der Waals surface area contributed by atoms with Crippen molar-refractivity contribution < 1.29 is 19.1 Å². The molecular formula is C24H27N3O4. The van der Waals surface area contributed by atoms with Crippen molar-refractivity contribution in [2.75, 3.05) is 25.0 Å². The molecule has 7 heteroatoms. The van der Waals surface area contributed by atoms with E-state index in [-0.39, 0.29) is 30.2 Å². The lowest BCUT2D eigenvalue weighted by Crippen LogP contribution is -2.44. The molecule has 2 aromatic carbocycles. The summed E-state index contributed by atoms with van der Waals surface area (Å²) in [7, 11) is 0. The van der Waals surface area contributed by atoms with Gasteiger partial charge in [0.25, 0.3) is 5.91 Å². The number of hydrogen-bond acceptors (Lipinski definition) is 4. The number of nitrogens with zero attached hydrogens (tertiary/aromatic N) is 1. The summed E-state index contributed by atoms with van der Waals surface area (Å²) in [6, 6.07) is 15.3. The first-order chi connectivity index (χ1) is 15.1. The Morgan fingerprint density at radius 3 is 2.61 bits per heavy atom. The van der Waals surface area contributed by atoms with Gasteiger partial charge in [0.05, 0.1) is 0 Å². The lowest BCUT2D eigenvalue weighted by molar-refractivity contribution is -0.137. The molecule has 4 rings (SSSR count). The molecule has 0 aromatic heterocycles. The fourth-order valence-electron chi connectivity index (χ4n) is 4.01. The lowest BCUT2D eigenvalue weighted by Gasteiger charge is -2.31. The van der Waals surface area contributed by atoms with Crippen molar-refractivity contribution >= 4 is 23.4 Å². The fourth-order valence-corrected chi connectivity index (χ4v) is 4.01. The first kappa shape index (κ1) is 20.9. The topological polar surface area (TPSA) is 87.7 Å². The summed E-state index contributed by atoms with van der Waals surface area (Å²) in [6.45, 7) is 1.61. The number of rotatable bonds is 6. The zero-order valence-corrected chi connectivity index (χ0v) is 17.4. The molecule has 0 bridgehead atoms. The number of hydrogen-bond donors (Lipinski definition) is 2. The summed E-state index contributed by atoms with van der Waals surface area (Å²) >= 11 is 0. The van der Waals surface area contributed by atoms with Gasteiger partial charge in [-0.1, -0.05) is 30.3 Å². The van der Waals surface area contributed by atoms with Crippen LogP contribution in [0.15, 0.2) is 48.5 Å². The Morgan fingerprint density at radius 2 is 1.84 bits per heavy atom. The van der Waals surface area contributed by atoms with Gasteiger partial charge >= 0.3 is 0 Å². The van der Waals surface area contributed by atoms with Gasteiger partial charge in [-0.2, -0.15) is 0 Å². The van der Waals surface area contributed by atoms with Crippen molar-refractivity contribution in [1.82, 2.24) is 10.2 Å². The van der Waals surface area contributed by atoms with Crippen LogP contribution < -0.4 is 15.4 Å². The maximum Gasteiger partial charge on any atom is 0.260 e. The molecule has 7 nitrogen and oxygen atoms in total. The second kappa shape index (κ2) is 9.64. The molecule has 2 aliphatic rings. The van der Waals surface area contributed by atoms with E-state index in [0.717, 1.165) is 16.8 Å². The number of ether oxygens (including phenoxy) is 1. The summed E-state index contributed by atoms with van der Waals surface area (Å²) in [4.78, 5) is 38.2. The van der Waals surface area contributed by atoms with Crippen LogP contribution in [0.1, 0.15) is 30.4 Å². The molecule has 1 fully saturated rings. The molecule has 2 aliphatic heterocycles. The molecular weight excluding hydrogens is 394 g/mol. The molecule has 0 aliphatic carbocycles. The van der Waals surface area contributed by atoms with E-state index in [1.807, 2.05) is 42.5 Å². The van der Waals surface area contributed by atoms with Gasteiger partial charge in [-0.25, -0.2) is 0 Å². The van der Waals surface area contributed by atoms with Crippen LogP contribution in [-0.2, 0) is 27.3 Å². The summed E-state index contributed by atoms with van der Waals surface area (Å²) in [6.07, 6.45) is 2.45. The Kier molecular flexibility index (Phi) is 6.50. The zero-order valence-electron chi connectivity index (χ0n) is 17.4. The number of likely N-dealkylation sites (tertiary alicyclic amines) is 1. The highest BCUT2D eigenvalue weighted by atomic mass is 16.5. The number of benzene rings is 2. The number of carbonyl (C=O) groups is 3. The number of piperidine rings is 1. The van der Waals surface area contributed by atoms with E-state index in [2.05, 4.69) is 10.6 Å². The highest BCUT2D eigenvalue weighted by Gasteiger charge is 2.27. The third kappa shape index (κ3) is 5.42. The quantitative estimate of drug-likeness (QED) is 0.750. The number of anilines is 1. The van der Waals surface area contributed by atoms with Gasteiger partial charge in [0, 0.05) is 37.7 Å². The summed E-state index contributed by atoms with van der Waals surface area (Å²) < 4.78 is 5.69. The average Bonchev–Trinajstić information content (AvgIpc) is 2.81. The van der Waals surface area contributed by atoms with Crippen LogP contribution in [0.5, 0.6) is 5.75 Å². The van der Waals surface area contributed by atoms with Gasteiger partial charge < -0.3 is 20.3 Å². The third-order valence-electron chi connectivity index (χ3n) is 5.86. The Hall–Kier alpha value is -3.35. The highest BCUT2D eigenvalue weighted by Crippen LogP contribution is 2.27. The molecule has 3 amide bonds. The first-order valence-corrected chi connectivity index (χ1v) is 10.7. The van der Waals surface area contributed by atoms with Crippen molar-refractivity contribution in [3.05, 3.63) is 59.7 Å². The average molecular weight is 421 g/mol. The van der Waals surface area contributed by atoms with Gasteiger partial charge in [0.1, 0.15) is 5.75 Å². The van der Waals surface area contributed by atoms with Gasteiger partial charge in [0.15, 0.2) is 6.61 Å². The van der Waals surface area contributed by atoms with E-state index in [4.69, 9.17) is 4.74 Å². The van der Waals surface area contributed by atoms with E-state index in [9.17, 15) is 14.4 Å². The number of carbonyl (C=O) groups excluding carboxylic acids is 3. The van der Waals surface area contributed by atoms with E-state index < -0.39 is 0 Å². The monoisotopic (exact) mass is 421 g/mol. The van der Waals surface area contributed by atoms with Gasteiger partial charge in [-0.05, 0) is 48.6 Å².